The third-order valence-corrected chi connectivity index (χ3v) is 19.9. The van der Waals surface area contributed by atoms with Gasteiger partial charge in [0.2, 0.25) is 82.7 Å². The van der Waals surface area contributed by atoms with Crippen molar-refractivity contribution in [1.82, 2.24) is 89.0 Å². The number of hydrogen-bond acceptors (Lipinski definition) is 22. The van der Waals surface area contributed by atoms with Crippen LogP contribution in [0.15, 0.2) is 97.6 Å². The normalized spacial score (nSPS) is 15.2. The van der Waals surface area contributed by atoms with Crippen molar-refractivity contribution in [1.29, 1.82) is 5.41 Å². The molecule has 5 aromatic rings. The molecule has 118 heavy (non-hydrogen) atoms. The summed E-state index contributed by atoms with van der Waals surface area (Å²) in [5, 5.41) is 81.9. The molecule has 1 fully saturated rings. The van der Waals surface area contributed by atoms with Gasteiger partial charge in [-0.15, -0.1) is 0 Å². The van der Waals surface area contributed by atoms with Crippen LogP contribution in [0.3, 0.4) is 0 Å². The zero-order chi connectivity index (χ0) is 86.5. The fraction of sp³-hybridized carbons (Fsp3) is 0.494. The number of benzene rings is 3. The van der Waals surface area contributed by atoms with E-state index in [9.17, 15) is 78.0 Å². The van der Waals surface area contributed by atoms with Gasteiger partial charge in [-0.1, -0.05) is 74.5 Å². The molecule has 0 unspecified atom stereocenters. The van der Waals surface area contributed by atoms with Crippen molar-refractivity contribution in [3.8, 4) is 5.75 Å². The van der Waals surface area contributed by atoms with Crippen LogP contribution in [0.2, 0.25) is 0 Å². The molecule has 0 radical (unpaired) electrons. The van der Waals surface area contributed by atoms with E-state index in [0.29, 0.717) is 46.9 Å². The minimum absolute atomic E-state index is 0.00491. The van der Waals surface area contributed by atoms with Gasteiger partial charge in [-0.05, 0) is 117 Å². The predicted octanol–water partition coefficient (Wildman–Crippen LogP) is -4.54. The van der Waals surface area contributed by atoms with E-state index < -0.39 is 206 Å². The number of nitrogens with two attached hydrogens (primary N) is 3. The van der Waals surface area contributed by atoms with Crippen molar-refractivity contribution >= 4 is 117 Å². The highest BCUT2D eigenvalue weighted by atomic mass is 32.2. The second-order valence-corrected chi connectivity index (χ2v) is 29.6. The smallest absolute Gasteiger partial charge is 0.303 e. The summed E-state index contributed by atoms with van der Waals surface area (Å²) in [5.41, 5.74) is 19.3. The van der Waals surface area contributed by atoms with Crippen molar-refractivity contribution in [2.45, 2.75) is 183 Å². The first-order valence-electron chi connectivity index (χ1n) is 38.5. The highest BCUT2D eigenvalue weighted by Gasteiger charge is 2.41. The summed E-state index contributed by atoms with van der Waals surface area (Å²) in [4.78, 5) is 220. The number of carboxylic acids is 1. The Morgan fingerprint density at radius 1 is 0.576 bits per heavy atom. The number of nitrogens with zero attached hydrogens (tertiary/aromatic N) is 2. The van der Waals surface area contributed by atoms with E-state index in [1.54, 1.807) is 80.9 Å². The van der Waals surface area contributed by atoms with Crippen LogP contribution in [0.5, 0.6) is 5.75 Å². The highest BCUT2D eigenvalue weighted by molar-refractivity contribution is 7.98. The molecule has 6 rings (SSSR count). The van der Waals surface area contributed by atoms with Crippen molar-refractivity contribution in [2.75, 3.05) is 51.4 Å². The van der Waals surface area contributed by atoms with E-state index >= 15 is 14.4 Å². The lowest BCUT2D eigenvalue weighted by atomic mass is 10.0. The number of H-pyrrole nitrogens is 2. The molecular formula is C77H109N21O19S. The maximum Gasteiger partial charge on any atom is 0.303 e. The van der Waals surface area contributed by atoms with Gasteiger partial charge in [0, 0.05) is 81.1 Å². The van der Waals surface area contributed by atoms with Crippen molar-refractivity contribution < 1.29 is 92.3 Å². The van der Waals surface area contributed by atoms with E-state index in [2.05, 4.69) is 84.1 Å². The first-order chi connectivity index (χ1) is 56.3. The Balaban J connectivity index is 1.25. The molecule has 14 amide bonds. The van der Waals surface area contributed by atoms with Gasteiger partial charge in [0.1, 0.15) is 78.3 Å². The van der Waals surface area contributed by atoms with Crippen molar-refractivity contribution in [3.63, 3.8) is 0 Å². The standard InChI is InChI=1S/C77H109N21O19S/c1-42(2)64(65(79)106)97-75(116)61-20-13-30-98(61)76(117)54(18-10-11-28-78)88-62(103)38-85-66(107)57(34-46-36-84-50-17-9-8-16-49(46)50)94-67(108)51(19-12-29-83-77(80)81)89-70(111)55(32-44-14-6-5-7-15-44)92-72(113)58(35-47-37-82-41-86-47)95-68(109)52(25-26-63(104)105)90-69(110)53(27-31-118-4)91-74(115)60(40-100)96-71(112)56(33-45-21-23-48(102)24-22-45)93-73(114)59(39-99)87-43(3)101/h5-9,14-17,21-24,36-37,41-42,51-61,64,84,99-100,102H,10-13,18-20,25-35,38-40,78H2,1-4H3,(H2,79,106)(H,82,86)(H,85,107)(H,87,101)(H,88,103)(H,89,111)(H,90,110)(H,91,115)(H,92,113)(H,93,114)(H,94,108)(H,95,109)(H,96,112)(H,97,116)(H,104,105)(H4,80,81,83)/t51-,52-,53-,54-,55+,56-,57-,58-,59-,60-,61+,64-/m0/s1. The van der Waals surface area contributed by atoms with Crippen LogP contribution in [0.4, 0.5) is 0 Å². The largest absolute Gasteiger partial charge is 0.508 e. The molecule has 2 aromatic heterocycles. The number of rotatable bonds is 50. The Labute approximate surface area is 684 Å². The number of aromatic amines is 2. The summed E-state index contributed by atoms with van der Waals surface area (Å²) in [6.45, 7) is 2.20. The molecule has 642 valence electrons. The number of carbonyl (C=O) groups excluding carboxylic acids is 14. The van der Waals surface area contributed by atoms with Gasteiger partial charge in [0.15, 0.2) is 5.96 Å². The lowest BCUT2D eigenvalue weighted by molar-refractivity contribution is -0.142. The second kappa shape index (κ2) is 48.3. The first kappa shape index (κ1) is 94.6. The number of carbonyl (C=O) groups is 15. The van der Waals surface area contributed by atoms with E-state index in [4.69, 9.17) is 22.6 Å². The van der Waals surface area contributed by atoms with Crippen molar-refractivity contribution in [2.24, 2.45) is 23.1 Å². The van der Waals surface area contributed by atoms with Gasteiger partial charge < -0.3 is 122 Å². The quantitative estimate of drug-likeness (QED) is 0.00991. The van der Waals surface area contributed by atoms with Crippen LogP contribution < -0.4 is 86.3 Å². The van der Waals surface area contributed by atoms with E-state index in [-0.39, 0.29) is 94.1 Å². The van der Waals surface area contributed by atoms with Crippen LogP contribution in [0.1, 0.15) is 107 Å². The predicted molar refractivity (Wildman–Crippen MR) is 431 cm³/mol. The number of primary amides is 1. The number of aliphatic carboxylic acids is 1. The van der Waals surface area contributed by atoms with E-state index in [1.165, 1.54) is 53.5 Å². The van der Waals surface area contributed by atoms with Gasteiger partial charge >= 0.3 is 5.97 Å². The first-order valence-corrected chi connectivity index (χ1v) is 39.9. The summed E-state index contributed by atoms with van der Waals surface area (Å²) in [5.74, 6) is -14.9. The third kappa shape index (κ3) is 30.8. The zero-order valence-electron chi connectivity index (χ0n) is 66.0. The molecule has 26 N–H and O–H groups in total. The SMILES string of the molecule is CSCC[C@H](NC(=O)[C@H](CO)NC(=O)[C@H](Cc1ccc(O)cc1)NC(=O)[C@H](CO)NC(C)=O)C(=O)N[C@@H](CCC(=O)O)C(=O)N[C@@H](Cc1cnc[nH]1)C(=O)N[C@H](Cc1ccccc1)C(=O)N[C@@H](CCCNC(=N)N)C(=O)N[C@@H](Cc1c[nH]c2ccccc12)C(=O)NCC(=O)N[C@@H](CCCCN)C(=O)N1CCC[C@@H]1C(=O)N[C@H](C(N)=O)C(C)C. The number of hydrogen-bond donors (Lipinski definition) is 23. The van der Waals surface area contributed by atoms with Crippen LogP contribution in [-0.2, 0) is 97.6 Å². The average Bonchev–Trinajstić information content (AvgIpc) is 1.64. The summed E-state index contributed by atoms with van der Waals surface area (Å²) < 4.78 is 0. The molecule has 1 aliphatic heterocycles. The lowest BCUT2D eigenvalue weighted by Gasteiger charge is -2.30. The summed E-state index contributed by atoms with van der Waals surface area (Å²) in [6, 6.07) is 2.94. The van der Waals surface area contributed by atoms with Gasteiger partial charge in [-0.3, -0.25) is 77.3 Å². The Bertz CT molecular complexity index is 4250. The summed E-state index contributed by atoms with van der Waals surface area (Å²) >= 11 is 1.23. The average molecular weight is 1660 g/mol. The number of amides is 14. The topological polar surface area (TPSA) is 643 Å². The van der Waals surface area contributed by atoms with Gasteiger partial charge in [0.05, 0.1) is 26.1 Å². The number of imidazole rings is 1. The molecule has 0 spiro atoms. The maximum absolute atomic E-state index is 15.2. The Hall–Kier alpha value is -12.2. The molecule has 1 saturated heterocycles. The number of carboxylic acid groups (broad SMARTS) is 1. The third-order valence-electron chi connectivity index (χ3n) is 19.2. The fourth-order valence-corrected chi connectivity index (χ4v) is 13.4. The number of unbranched alkanes of at least 4 members (excludes halogenated alkanes) is 1. The number of para-hydroxylation sites is 1. The minimum Gasteiger partial charge on any atom is -0.508 e. The zero-order valence-corrected chi connectivity index (χ0v) is 66.9. The highest BCUT2D eigenvalue weighted by Crippen LogP contribution is 2.23. The monoisotopic (exact) mass is 1660 g/mol. The Morgan fingerprint density at radius 2 is 1.09 bits per heavy atom. The second-order valence-electron chi connectivity index (χ2n) is 28.7. The molecule has 0 bridgehead atoms. The van der Waals surface area contributed by atoms with E-state index in [1.807, 2.05) is 0 Å². The van der Waals surface area contributed by atoms with Gasteiger partial charge in [0.25, 0.3) is 0 Å². The molecule has 0 aliphatic carbocycles. The molecule has 1 aliphatic rings. The number of nitrogens with one attached hydrogen (secondary N) is 16. The number of fused-ring (bicyclic) bond motifs is 1. The molecule has 41 heteroatoms. The number of aromatic nitrogens is 3. The number of aliphatic hydroxyl groups excluding tert-OH is 2. The molecule has 12 atom stereocenters. The Morgan fingerprint density at radius 3 is 1.64 bits per heavy atom. The molecule has 3 aromatic carbocycles. The Kier molecular flexibility index (Phi) is 38.8. The van der Waals surface area contributed by atoms with Crippen LogP contribution in [0, 0.1) is 11.3 Å². The molecule has 40 nitrogen and oxygen atoms in total. The molecule has 3 heterocycles. The van der Waals surface area contributed by atoms with Crippen LogP contribution in [0.25, 0.3) is 10.9 Å². The van der Waals surface area contributed by atoms with Crippen molar-refractivity contribution in [3.05, 3.63) is 120 Å². The number of aromatic hydroxyl groups is 1. The fourth-order valence-electron chi connectivity index (χ4n) is 12.9. The number of phenols is 1. The van der Waals surface area contributed by atoms with E-state index in [0.717, 1.165) is 6.92 Å². The van der Waals surface area contributed by atoms with Crippen LogP contribution in [-0.4, -0.2) is 259 Å². The van der Waals surface area contributed by atoms with Gasteiger partial charge in [-0.25, -0.2) is 4.98 Å². The van der Waals surface area contributed by atoms with Gasteiger partial charge in [-0.2, -0.15) is 11.8 Å². The summed E-state index contributed by atoms with van der Waals surface area (Å²) in [7, 11) is 0. The number of guanidine groups is 1. The molecule has 0 saturated carbocycles. The minimum atomic E-state index is -1.84. The maximum atomic E-state index is 15.2. The summed E-state index contributed by atoms with van der Waals surface area (Å²) in [6.07, 6.45) is 4.64. The van der Waals surface area contributed by atoms with Crippen LogP contribution >= 0.6 is 11.8 Å². The lowest BCUT2D eigenvalue weighted by Crippen LogP contribution is -2.61. The number of aliphatic hydroxyl groups is 2. The number of phenolic OH excluding ortho intramolecular Hbond substituents is 1. The number of likely N-dealkylation sites (tertiary alicyclic amines) is 1. The number of thioether (sulfide) groups is 1. The molecular weight excluding hydrogens is 1560 g/mol.